The van der Waals surface area contributed by atoms with Crippen molar-refractivity contribution in [3.63, 3.8) is 0 Å². The molecule has 0 radical (unpaired) electrons. The fraction of sp³-hybridized carbons (Fsp3) is 0.636. The Bertz CT molecular complexity index is 507. The Morgan fingerprint density at radius 3 is 1.07 bits per heavy atom. The van der Waals surface area contributed by atoms with E-state index in [1.807, 2.05) is 0 Å². The first-order chi connectivity index (χ1) is 13.4. The summed E-state index contributed by atoms with van der Waals surface area (Å²) in [5.41, 5.74) is 8.00. The van der Waals surface area contributed by atoms with E-state index in [4.69, 9.17) is 0 Å². The van der Waals surface area contributed by atoms with Gasteiger partial charge < -0.3 is 31.3 Å². The Balaban J connectivity index is 0.000000217. The van der Waals surface area contributed by atoms with Gasteiger partial charge >= 0.3 is 0 Å². The number of carbonyl (C=O) groups excluding carboxylic acids is 2. The summed E-state index contributed by atoms with van der Waals surface area (Å²) >= 11 is 0. The van der Waals surface area contributed by atoms with Crippen LogP contribution in [0.3, 0.4) is 0 Å². The predicted molar refractivity (Wildman–Crippen MR) is 104 cm³/mol. The molecule has 2 fully saturated rings. The maximum Gasteiger partial charge on any atom is 0.0843 e. The summed E-state index contributed by atoms with van der Waals surface area (Å²) < 4.78 is 0. The minimum absolute atomic E-state index is 0.0556. The van der Waals surface area contributed by atoms with Gasteiger partial charge in [0.2, 0.25) is 0 Å². The van der Waals surface area contributed by atoms with Crippen LogP contribution in [-0.4, -0.2) is 24.0 Å². The molecule has 1 aromatic rings. The predicted octanol–water partition coefficient (Wildman–Crippen LogP) is 0.316. The van der Waals surface area contributed by atoms with Gasteiger partial charge in [0.15, 0.2) is 0 Å². The van der Waals surface area contributed by atoms with E-state index in [9.17, 15) is 19.8 Å². The molecule has 2 aliphatic rings. The molecule has 2 saturated carbocycles. The summed E-state index contributed by atoms with van der Waals surface area (Å²) in [5.74, 6) is -2.67. The van der Waals surface area contributed by atoms with Gasteiger partial charge in [0.25, 0.3) is 0 Å². The Morgan fingerprint density at radius 1 is 0.607 bits per heavy atom. The van der Waals surface area contributed by atoms with Crippen molar-refractivity contribution in [1.82, 2.24) is 0 Å². The Morgan fingerprint density at radius 2 is 0.857 bits per heavy atom. The summed E-state index contributed by atoms with van der Waals surface area (Å²) in [7, 11) is 0. The van der Waals surface area contributed by atoms with Crippen LogP contribution in [0.2, 0.25) is 0 Å². The first-order valence-corrected chi connectivity index (χ1v) is 10.6. The van der Waals surface area contributed by atoms with Gasteiger partial charge in [-0.1, -0.05) is 49.9 Å². The standard InChI is InChI=1S/C8H6O4.2C7H15N/c9-7(10)5-1-2-6(4-3-5)8(11)12;2*8-7-5-3-1-2-4-6-7/h1-4H,(H,9,10)(H,11,12);2*7H,1-6,8H2. The van der Waals surface area contributed by atoms with E-state index in [-0.39, 0.29) is 11.1 Å². The summed E-state index contributed by atoms with van der Waals surface area (Å²) in [6.07, 6.45) is 17.0. The summed E-state index contributed by atoms with van der Waals surface area (Å²) in [5, 5.41) is 20.4. The van der Waals surface area contributed by atoms with Crippen molar-refractivity contribution in [1.29, 1.82) is 0 Å². The minimum Gasteiger partial charge on any atom is -0.545 e. The van der Waals surface area contributed by atoms with Crippen molar-refractivity contribution in [2.75, 3.05) is 0 Å². The largest absolute Gasteiger partial charge is 0.545 e. The van der Waals surface area contributed by atoms with E-state index in [2.05, 4.69) is 11.5 Å². The Kier molecular flexibility index (Phi) is 12.2. The van der Waals surface area contributed by atoms with Gasteiger partial charge in [-0.15, -0.1) is 0 Å². The van der Waals surface area contributed by atoms with Gasteiger partial charge in [-0.3, -0.25) is 0 Å². The van der Waals surface area contributed by atoms with Crippen LogP contribution in [0.1, 0.15) is 97.8 Å². The Hall–Kier alpha value is -1.92. The molecule has 3 rings (SSSR count). The molecule has 0 bridgehead atoms. The molecule has 2 aliphatic carbocycles. The lowest BCUT2D eigenvalue weighted by molar-refractivity contribution is -0.422. The van der Waals surface area contributed by atoms with Crippen molar-refractivity contribution in [2.24, 2.45) is 0 Å². The lowest BCUT2D eigenvalue weighted by Gasteiger charge is -2.04. The van der Waals surface area contributed by atoms with Gasteiger partial charge in [-0.05, 0) is 62.5 Å². The molecule has 0 saturated heterocycles. The molecule has 0 aliphatic heterocycles. The van der Waals surface area contributed by atoms with E-state index < -0.39 is 11.9 Å². The zero-order chi connectivity index (χ0) is 20.8. The quantitative estimate of drug-likeness (QED) is 0.700. The van der Waals surface area contributed by atoms with Crippen LogP contribution in [0.15, 0.2) is 24.3 Å². The number of rotatable bonds is 2. The van der Waals surface area contributed by atoms with Crippen LogP contribution in [-0.2, 0) is 0 Å². The van der Waals surface area contributed by atoms with E-state index >= 15 is 0 Å². The molecule has 0 atom stereocenters. The molecule has 6 heteroatoms. The van der Waals surface area contributed by atoms with Crippen molar-refractivity contribution >= 4 is 11.9 Å². The molecule has 0 spiro atoms. The molecular weight excluding hydrogens is 356 g/mol. The smallest absolute Gasteiger partial charge is 0.0843 e. The molecule has 158 valence electrons. The SMILES string of the molecule is O=C([O-])c1ccc(C(=O)[O-])cc1.[NH3+]C1CCCCCC1.[NH3+]C1CCCCCC1. The number of carboxylic acid groups (broad SMARTS) is 2. The summed E-state index contributed by atoms with van der Waals surface area (Å²) in [6.45, 7) is 0. The number of benzene rings is 1. The molecule has 6 N–H and O–H groups in total. The van der Waals surface area contributed by atoms with E-state index in [1.54, 1.807) is 0 Å². The van der Waals surface area contributed by atoms with Crippen LogP contribution in [0.25, 0.3) is 0 Å². The van der Waals surface area contributed by atoms with Gasteiger partial charge in [-0.2, -0.15) is 0 Å². The summed E-state index contributed by atoms with van der Waals surface area (Å²) in [4.78, 5) is 20.4. The van der Waals surface area contributed by atoms with Gasteiger partial charge in [0.05, 0.1) is 24.0 Å². The number of aromatic carboxylic acids is 2. The molecule has 28 heavy (non-hydrogen) atoms. The zero-order valence-electron chi connectivity index (χ0n) is 17.0. The van der Waals surface area contributed by atoms with Crippen LogP contribution >= 0.6 is 0 Å². The first kappa shape index (κ1) is 24.1. The average molecular weight is 393 g/mol. The highest BCUT2D eigenvalue weighted by molar-refractivity contribution is 5.89. The van der Waals surface area contributed by atoms with Gasteiger partial charge in [-0.25, -0.2) is 0 Å². The highest BCUT2D eigenvalue weighted by atomic mass is 16.4. The third kappa shape index (κ3) is 11.0. The third-order valence-electron chi connectivity index (χ3n) is 5.31. The van der Waals surface area contributed by atoms with Crippen LogP contribution in [0.4, 0.5) is 0 Å². The minimum atomic E-state index is -1.33. The van der Waals surface area contributed by atoms with Crippen LogP contribution in [0, 0.1) is 0 Å². The molecule has 1 aromatic carbocycles. The topological polar surface area (TPSA) is 136 Å². The van der Waals surface area contributed by atoms with Crippen molar-refractivity contribution < 1.29 is 31.3 Å². The van der Waals surface area contributed by atoms with Crippen LogP contribution in [0.5, 0.6) is 0 Å². The second-order valence-corrected chi connectivity index (χ2v) is 7.87. The molecule has 0 aromatic heterocycles. The van der Waals surface area contributed by atoms with E-state index in [0.29, 0.717) is 0 Å². The third-order valence-corrected chi connectivity index (χ3v) is 5.31. The first-order valence-electron chi connectivity index (χ1n) is 10.6. The second kappa shape index (κ2) is 14.1. The zero-order valence-corrected chi connectivity index (χ0v) is 17.0. The molecule has 0 unspecified atom stereocenters. The number of hydrogen-bond donors (Lipinski definition) is 2. The molecule has 0 amide bonds. The fourth-order valence-electron chi connectivity index (χ4n) is 3.47. The maximum atomic E-state index is 10.2. The van der Waals surface area contributed by atoms with Crippen molar-refractivity contribution in [3.8, 4) is 0 Å². The van der Waals surface area contributed by atoms with Gasteiger partial charge in [0, 0.05) is 0 Å². The van der Waals surface area contributed by atoms with Crippen LogP contribution < -0.4 is 21.7 Å². The molecule has 0 heterocycles. The van der Waals surface area contributed by atoms with Crippen molar-refractivity contribution in [3.05, 3.63) is 35.4 Å². The van der Waals surface area contributed by atoms with Crippen molar-refractivity contribution in [2.45, 2.75) is 89.1 Å². The number of hydrogen-bond acceptors (Lipinski definition) is 4. The van der Waals surface area contributed by atoms with E-state index in [0.717, 1.165) is 36.3 Å². The lowest BCUT2D eigenvalue weighted by Crippen LogP contribution is -2.60. The van der Waals surface area contributed by atoms with E-state index in [1.165, 1.54) is 77.0 Å². The maximum absolute atomic E-state index is 10.2. The van der Waals surface area contributed by atoms with Gasteiger partial charge in [0.1, 0.15) is 0 Å². The molecular formula is C22H36N2O4. The Labute approximate surface area is 168 Å². The number of carboxylic acids is 2. The second-order valence-electron chi connectivity index (χ2n) is 7.87. The number of quaternary nitrogens is 2. The average Bonchev–Trinajstić information content (AvgIpc) is 3.07. The number of carbonyl (C=O) groups is 2. The summed E-state index contributed by atoms with van der Waals surface area (Å²) in [6, 6.07) is 6.16. The molecule has 6 nitrogen and oxygen atoms in total. The highest BCUT2D eigenvalue weighted by Gasteiger charge is 2.09. The highest BCUT2D eigenvalue weighted by Crippen LogP contribution is 2.14. The lowest BCUT2D eigenvalue weighted by atomic mass is 10.1. The fourth-order valence-corrected chi connectivity index (χ4v) is 3.47. The monoisotopic (exact) mass is 392 g/mol. The normalized spacial score (nSPS) is 18.4.